The Morgan fingerprint density at radius 3 is 2.67 bits per heavy atom. The van der Waals surface area contributed by atoms with E-state index in [0.29, 0.717) is 18.9 Å². The first-order chi connectivity index (χ1) is 8.59. The van der Waals surface area contributed by atoms with Gasteiger partial charge in [0.05, 0.1) is 5.41 Å². The second-order valence-corrected chi connectivity index (χ2v) is 5.50. The molecule has 18 heavy (non-hydrogen) atoms. The maximum Gasteiger partial charge on any atom is 0.317 e. The fourth-order valence-corrected chi connectivity index (χ4v) is 2.66. The van der Waals surface area contributed by atoms with Crippen LogP contribution >= 0.6 is 0 Å². The van der Waals surface area contributed by atoms with Gasteiger partial charge in [-0.15, -0.1) is 0 Å². The van der Waals surface area contributed by atoms with Crippen molar-refractivity contribution < 1.29 is 14.7 Å². The molecule has 0 spiro atoms. The number of carbonyl (C=O) groups excluding carboxylic acids is 1. The largest absolute Gasteiger partial charge is 0.481 e. The molecule has 5 heteroatoms. The first-order valence-electron chi connectivity index (χ1n) is 6.87. The van der Waals surface area contributed by atoms with Crippen molar-refractivity contribution in [2.45, 2.75) is 51.5 Å². The smallest absolute Gasteiger partial charge is 0.317 e. The second-order valence-electron chi connectivity index (χ2n) is 5.50. The number of piperidine rings is 1. The average molecular weight is 254 g/mol. The van der Waals surface area contributed by atoms with Crippen LogP contribution in [0.2, 0.25) is 0 Å². The van der Waals surface area contributed by atoms with Gasteiger partial charge in [0.2, 0.25) is 0 Å². The average Bonchev–Trinajstić information content (AvgIpc) is 3.17. The molecule has 2 N–H and O–H groups in total. The number of hydrogen-bond donors (Lipinski definition) is 2. The van der Waals surface area contributed by atoms with Gasteiger partial charge in [-0.1, -0.05) is 6.92 Å². The number of rotatable bonds is 4. The van der Waals surface area contributed by atoms with Crippen LogP contribution in [0.25, 0.3) is 0 Å². The van der Waals surface area contributed by atoms with Gasteiger partial charge in [0.1, 0.15) is 0 Å². The minimum atomic E-state index is -0.784. The minimum Gasteiger partial charge on any atom is -0.481 e. The fraction of sp³-hybridized carbons (Fsp3) is 0.846. The summed E-state index contributed by atoms with van der Waals surface area (Å²) in [5, 5.41) is 11.9. The Kier molecular flexibility index (Phi) is 3.78. The number of aliphatic carboxylic acids is 1. The van der Waals surface area contributed by atoms with Crippen molar-refractivity contribution in [1.29, 1.82) is 0 Å². The fourth-order valence-electron chi connectivity index (χ4n) is 2.66. The maximum absolute atomic E-state index is 12.1. The monoisotopic (exact) mass is 254 g/mol. The van der Waals surface area contributed by atoms with Crippen molar-refractivity contribution in [1.82, 2.24) is 10.2 Å². The molecule has 0 aromatic heterocycles. The number of carbonyl (C=O) groups is 2. The lowest BCUT2D eigenvalue weighted by Crippen LogP contribution is -2.50. The highest BCUT2D eigenvalue weighted by Crippen LogP contribution is 2.45. The molecular formula is C13H22N2O3. The van der Waals surface area contributed by atoms with Crippen molar-refractivity contribution in [3.8, 4) is 0 Å². The minimum absolute atomic E-state index is 0.0888. The summed E-state index contributed by atoms with van der Waals surface area (Å²) in [5.41, 5.74) is -0.673. The zero-order valence-corrected chi connectivity index (χ0v) is 10.9. The van der Waals surface area contributed by atoms with Crippen LogP contribution in [-0.2, 0) is 4.79 Å². The summed E-state index contributed by atoms with van der Waals surface area (Å²) in [4.78, 5) is 25.0. The Balaban J connectivity index is 1.85. The van der Waals surface area contributed by atoms with E-state index >= 15 is 0 Å². The van der Waals surface area contributed by atoms with Gasteiger partial charge in [-0.05, 0) is 38.5 Å². The van der Waals surface area contributed by atoms with E-state index in [1.54, 1.807) is 0 Å². The Bertz CT molecular complexity index is 339. The molecule has 1 saturated heterocycles. The van der Waals surface area contributed by atoms with Gasteiger partial charge >= 0.3 is 12.0 Å². The van der Waals surface area contributed by atoms with Crippen LogP contribution in [0.4, 0.5) is 4.79 Å². The highest BCUT2D eigenvalue weighted by molar-refractivity contribution is 5.80. The molecule has 1 saturated carbocycles. The molecular weight excluding hydrogens is 232 g/mol. The predicted molar refractivity (Wildman–Crippen MR) is 67.3 cm³/mol. The van der Waals surface area contributed by atoms with Crippen molar-refractivity contribution in [2.75, 3.05) is 13.1 Å². The molecule has 0 aromatic rings. The molecule has 2 amide bonds. The molecule has 1 atom stereocenters. The summed E-state index contributed by atoms with van der Waals surface area (Å²) >= 11 is 0. The van der Waals surface area contributed by atoms with Crippen LogP contribution in [-0.4, -0.2) is 41.1 Å². The molecule has 0 radical (unpaired) electrons. The summed E-state index contributed by atoms with van der Waals surface area (Å²) in [6.07, 6.45) is 5.63. The van der Waals surface area contributed by atoms with Crippen LogP contribution in [0.15, 0.2) is 0 Å². The highest BCUT2D eigenvalue weighted by atomic mass is 16.4. The van der Waals surface area contributed by atoms with Gasteiger partial charge < -0.3 is 15.3 Å². The molecule has 1 aliphatic carbocycles. The third kappa shape index (κ3) is 2.60. The third-order valence-corrected chi connectivity index (χ3v) is 4.24. The molecule has 1 heterocycles. The summed E-state index contributed by atoms with van der Waals surface area (Å²) in [7, 11) is 0. The van der Waals surface area contributed by atoms with E-state index in [2.05, 4.69) is 12.2 Å². The number of carboxylic acids is 1. The molecule has 102 valence electrons. The molecule has 1 aliphatic heterocycles. The van der Waals surface area contributed by atoms with Crippen LogP contribution in [0.1, 0.15) is 45.4 Å². The van der Waals surface area contributed by atoms with Gasteiger partial charge in [-0.2, -0.15) is 0 Å². The van der Waals surface area contributed by atoms with Gasteiger partial charge in [0.25, 0.3) is 0 Å². The van der Waals surface area contributed by atoms with E-state index < -0.39 is 11.4 Å². The van der Waals surface area contributed by atoms with E-state index in [1.807, 2.05) is 4.90 Å². The Hall–Kier alpha value is -1.26. The Morgan fingerprint density at radius 1 is 1.39 bits per heavy atom. The predicted octanol–water partition coefficient (Wildman–Crippen LogP) is 1.83. The standard InChI is InChI=1S/C13H22N2O3/c1-2-10-5-3-4-8-15(10)12(18)14-9-13(6-7-13)11(16)17/h10H,2-9H2,1H3,(H,14,18)(H,16,17). The first-order valence-corrected chi connectivity index (χ1v) is 6.87. The van der Waals surface area contributed by atoms with Gasteiger partial charge in [0.15, 0.2) is 0 Å². The molecule has 1 unspecified atom stereocenters. The Labute approximate surface area is 108 Å². The Morgan fingerprint density at radius 2 is 2.11 bits per heavy atom. The summed E-state index contributed by atoms with van der Waals surface area (Å²) < 4.78 is 0. The number of nitrogens with one attached hydrogen (secondary N) is 1. The lowest BCUT2D eigenvalue weighted by atomic mass is 10.0. The quantitative estimate of drug-likeness (QED) is 0.804. The number of amides is 2. The second kappa shape index (κ2) is 5.16. The SMILES string of the molecule is CCC1CCCCN1C(=O)NCC1(C(=O)O)CC1. The molecule has 2 fully saturated rings. The van der Waals surface area contributed by atoms with Crippen LogP contribution in [0, 0.1) is 5.41 Å². The molecule has 0 aromatic carbocycles. The number of nitrogens with zero attached hydrogens (tertiary/aromatic N) is 1. The van der Waals surface area contributed by atoms with E-state index in [9.17, 15) is 9.59 Å². The molecule has 2 aliphatic rings. The molecule has 2 rings (SSSR count). The van der Waals surface area contributed by atoms with E-state index in [-0.39, 0.29) is 12.6 Å². The van der Waals surface area contributed by atoms with Crippen LogP contribution < -0.4 is 5.32 Å². The van der Waals surface area contributed by atoms with Crippen molar-refractivity contribution in [3.05, 3.63) is 0 Å². The van der Waals surface area contributed by atoms with Crippen LogP contribution in [0.5, 0.6) is 0 Å². The molecule has 5 nitrogen and oxygen atoms in total. The summed E-state index contributed by atoms with van der Waals surface area (Å²) in [6.45, 7) is 3.16. The van der Waals surface area contributed by atoms with Crippen molar-refractivity contribution in [2.24, 2.45) is 5.41 Å². The van der Waals surface area contributed by atoms with Gasteiger partial charge in [-0.3, -0.25) is 4.79 Å². The van der Waals surface area contributed by atoms with Gasteiger partial charge in [-0.25, -0.2) is 4.79 Å². The maximum atomic E-state index is 12.1. The first kappa shape index (κ1) is 13.2. The van der Waals surface area contributed by atoms with Gasteiger partial charge in [0, 0.05) is 19.1 Å². The lowest BCUT2D eigenvalue weighted by molar-refractivity contribution is -0.143. The number of hydrogen-bond acceptors (Lipinski definition) is 2. The topological polar surface area (TPSA) is 69.6 Å². The third-order valence-electron chi connectivity index (χ3n) is 4.24. The van der Waals surface area contributed by atoms with E-state index in [4.69, 9.17) is 5.11 Å². The number of carboxylic acid groups (broad SMARTS) is 1. The number of likely N-dealkylation sites (tertiary alicyclic amines) is 1. The zero-order chi connectivity index (χ0) is 13.2. The van der Waals surface area contributed by atoms with E-state index in [1.165, 1.54) is 6.42 Å². The summed E-state index contributed by atoms with van der Waals surface area (Å²) in [5.74, 6) is -0.784. The normalized spacial score (nSPS) is 25.6. The van der Waals surface area contributed by atoms with E-state index in [0.717, 1.165) is 25.8 Å². The van der Waals surface area contributed by atoms with Crippen molar-refractivity contribution in [3.63, 3.8) is 0 Å². The summed E-state index contributed by atoms with van der Waals surface area (Å²) in [6, 6.07) is 0.229. The highest BCUT2D eigenvalue weighted by Gasteiger charge is 2.50. The number of urea groups is 1. The lowest BCUT2D eigenvalue weighted by Gasteiger charge is -2.35. The molecule has 0 bridgehead atoms. The van der Waals surface area contributed by atoms with Crippen molar-refractivity contribution >= 4 is 12.0 Å². The zero-order valence-electron chi connectivity index (χ0n) is 10.9. The van der Waals surface area contributed by atoms with Crippen LogP contribution in [0.3, 0.4) is 0 Å².